The molecule has 0 amide bonds. The van der Waals surface area contributed by atoms with Gasteiger partial charge in [-0.05, 0) is 93.0 Å². The molecular weight excluding hydrogens is 647 g/mol. The lowest BCUT2D eigenvalue weighted by Gasteiger charge is -2.26. The van der Waals surface area contributed by atoms with E-state index in [1.54, 1.807) is 0 Å². The van der Waals surface area contributed by atoms with Gasteiger partial charge < -0.3 is 13.7 Å². The molecule has 0 atom stereocenters. The molecule has 3 nitrogen and oxygen atoms in total. The van der Waals surface area contributed by atoms with Gasteiger partial charge in [-0.2, -0.15) is 0 Å². The average molecular weight is 678 g/mol. The molecule has 248 valence electrons. The van der Waals surface area contributed by atoms with E-state index in [1.165, 1.54) is 21.9 Å². The summed E-state index contributed by atoms with van der Waals surface area (Å²) in [5, 5.41) is 9.24. The highest BCUT2D eigenvalue weighted by Crippen LogP contribution is 2.44. The molecule has 0 N–H and O–H groups in total. The molecule has 0 fully saturated rings. The molecule has 0 saturated carbocycles. The van der Waals surface area contributed by atoms with E-state index in [2.05, 4.69) is 181 Å². The third-order valence-electron chi connectivity index (χ3n) is 10.7. The Morgan fingerprint density at radius 2 is 0.887 bits per heavy atom. The molecule has 9 aromatic carbocycles. The summed E-state index contributed by atoms with van der Waals surface area (Å²) < 4.78 is 13.1. The minimum atomic E-state index is 0.858. The van der Waals surface area contributed by atoms with E-state index >= 15 is 0 Å². The summed E-state index contributed by atoms with van der Waals surface area (Å²) in [6, 6.07) is 66.8. The van der Waals surface area contributed by atoms with Crippen LogP contribution in [0.2, 0.25) is 0 Å². The van der Waals surface area contributed by atoms with Crippen LogP contribution in [0.5, 0.6) is 0 Å². The van der Waals surface area contributed by atoms with Crippen molar-refractivity contribution in [1.82, 2.24) is 0 Å². The lowest BCUT2D eigenvalue weighted by molar-refractivity contribution is 0.669. The van der Waals surface area contributed by atoms with Gasteiger partial charge in [0.1, 0.15) is 16.7 Å². The van der Waals surface area contributed by atoms with Crippen molar-refractivity contribution in [2.75, 3.05) is 4.90 Å². The van der Waals surface area contributed by atoms with Gasteiger partial charge in [-0.1, -0.05) is 133 Å². The van der Waals surface area contributed by atoms with Crippen LogP contribution in [-0.4, -0.2) is 0 Å². The Hall–Kier alpha value is -7.10. The summed E-state index contributed by atoms with van der Waals surface area (Å²) >= 11 is 0. The van der Waals surface area contributed by atoms with Crippen molar-refractivity contribution in [2.45, 2.75) is 0 Å². The first-order valence-electron chi connectivity index (χ1n) is 18.0. The molecule has 2 aromatic heterocycles. The number of para-hydroxylation sites is 2. The number of furan rings is 2. The molecule has 11 aromatic rings. The van der Waals surface area contributed by atoms with E-state index < -0.39 is 0 Å². The van der Waals surface area contributed by atoms with Gasteiger partial charge in [0.2, 0.25) is 0 Å². The zero-order chi connectivity index (χ0) is 34.9. The van der Waals surface area contributed by atoms with E-state index in [9.17, 15) is 0 Å². The smallest absolute Gasteiger partial charge is 0.159 e. The van der Waals surface area contributed by atoms with Gasteiger partial charge in [-0.25, -0.2) is 0 Å². The predicted molar refractivity (Wildman–Crippen MR) is 222 cm³/mol. The zero-order valence-electron chi connectivity index (χ0n) is 28.7. The first-order chi connectivity index (χ1) is 26.3. The third kappa shape index (κ3) is 4.75. The lowest BCUT2D eigenvalue weighted by Crippen LogP contribution is -2.10. The van der Waals surface area contributed by atoms with Crippen molar-refractivity contribution in [1.29, 1.82) is 0 Å². The van der Waals surface area contributed by atoms with E-state index in [0.717, 1.165) is 82.8 Å². The van der Waals surface area contributed by atoms with E-state index in [4.69, 9.17) is 8.83 Å². The second kappa shape index (κ2) is 11.7. The number of nitrogens with zero attached hydrogens (tertiary/aromatic N) is 1. The highest BCUT2D eigenvalue weighted by molar-refractivity contribution is 6.17. The number of benzene rings is 9. The molecule has 0 aliphatic rings. The lowest BCUT2D eigenvalue weighted by atomic mass is 9.98. The van der Waals surface area contributed by atoms with Gasteiger partial charge in [-0.15, -0.1) is 0 Å². The maximum absolute atomic E-state index is 6.87. The first kappa shape index (κ1) is 29.6. The van der Waals surface area contributed by atoms with Crippen LogP contribution < -0.4 is 4.90 Å². The monoisotopic (exact) mass is 677 g/mol. The minimum absolute atomic E-state index is 0.858. The first-order valence-corrected chi connectivity index (χ1v) is 18.0. The SMILES string of the molecule is c1ccc2c(-c3ccc(N(c4ccc(-c5ccc6c(c5)oc5ccccc56)cc4)c4cccc5c4oc4c6ccccc6ccc54)cc3)cccc2c1. The topological polar surface area (TPSA) is 29.5 Å². The van der Waals surface area contributed by atoms with Crippen molar-refractivity contribution in [3.63, 3.8) is 0 Å². The Kier molecular flexibility index (Phi) is 6.55. The van der Waals surface area contributed by atoms with Gasteiger partial charge in [0.05, 0.1) is 5.69 Å². The fourth-order valence-electron chi connectivity index (χ4n) is 8.09. The van der Waals surface area contributed by atoms with E-state index in [-0.39, 0.29) is 0 Å². The van der Waals surface area contributed by atoms with Crippen molar-refractivity contribution in [2.24, 2.45) is 0 Å². The normalized spacial score (nSPS) is 11.8. The molecule has 0 aliphatic carbocycles. The van der Waals surface area contributed by atoms with Crippen molar-refractivity contribution in [3.05, 3.63) is 188 Å². The van der Waals surface area contributed by atoms with Crippen LogP contribution in [0.25, 0.3) is 87.7 Å². The largest absolute Gasteiger partial charge is 0.456 e. The number of hydrogen-bond donors (Lipinski definition) is 0. The minimum Gasteiger partial charge on any atom is -0.456 e. The number of fused-ring (bicyclic) bond motifs is 9. The van der Waals surface area contributed by atoms with Gasteiger partial charge in [-0.3, -0.25) is 0 Å². The molecule has 11 rings (SSSR count). The molecule has 0 spiro atoms. The van der Waals surface area contributed by atoms with Crippen molar-refractivity contribution >= 4 is 82.5 Å². The molecule has 3 heteroatoms. The Bertz CT molecular complexity index is 3160. The Morgan fingerprint density at radius 3 is 1.70 bits per heavy atom. The Balaban J connectivity index is 1.06. The summed E-state index contributed by atoms with van der Waals surface area (Å²) in [6.07, 6.45) is 0. The van der Waals surface area contributed by atoms with Gasteiger partial charge >= 0.3 is 0 Å². The standard InChI is InChI=1S/C50H31NO2/c1-3-12-39-33(9-1)11-7-15-40(39)35-21-27-38(28-22-35)51(46-17-8-16-44-45-30-23-34-10-2-4-13-41(34)49(45)53-50(44)46)37-25-19-32(20-26-37)36-24-29-43-42-14-5-6-18-47(42)52-48(43)31-36/h1-31H. The van der Waals surface area contributed by atoms with Gasteiger partial charge in [0.25, 0.3) is 0 Å². The summed E-state index contributed by atoms with van der Waals surface area (Å²) in [4.78, 5) is 2.31. The number of anilines is 3. The quantitative estimate of drug-likeness (QED) is 0.182. The molecule has 53 heavy (non-hydrogen) atoms. The molecule has 0 unspecified atom stereocenters. The fraction of sp³-hybridized carbons (Fsp3) is 0. The van der Waals surface area contributed by atoms with Crippen LogP contribution in [0.1, 0.15) is 0 Å². The molecular formula is C50H31NO2. The predicted octanol–water partition coefficient (Wildman–Crippen LogP) is 14.6. The molecule has 0 bridgehead atoms. The Morgan fingerprint density at radius 1 is 0.321 bits per heavy atom. The average Bonchev–Trinajstić information content (AvgIpc) is 3.80. The van der Waals surface area contributed by atoms with Crippen LogP contribution in [-0.2, 0) is 0 Å². The van der Waals surface area contributed by atoms with Crippen LogP contribution in [0.15, 0.2) is 197 Å². The summed E-state index contributed by atoms with van der Waals surface area (Å²) in [7, 11) is 0. The van der Waals surface area contributed by atoms with Gasteiger partial charge in [0, 0.05) is 38.3 Å². The van der Waals surface area contributed by atoms with Crippen LogP contribution in [0.4, 0.5) is 17.1 Å². The second-order valence-corrected chi connectivity index (χ2v) is 13.7. The summed E-state index contributed by atoms with van der Waals surface area (Å²) in [5.41, 5.74) is 11.3. The number of hydrogen-bond acceptors (Lipinski definition) is 3. The Labute approximate surface area is 305 Å². The van der Waals surface area contributed by atoms with Gasteiger partial charge in [0.15, 0.2) is 5.58 Å². The molecule has 0 aliphatic heterocycles. The maximum Gasteiger partial charge on any atom is 0.159 e. The van der Waals surface area contributed by atoms with Crippen LogP contribution in [0, 0.1) is 0 Å². The number of rotatable bonds is 5. The van der Waals surface area contributed by atoms with Crippen LogP contribution in [0.3, 0.4) is 0 Å². The summed E-state index contributed by atoms with van der Waals surface area (Å²) in [5.74, 6) is 0. The third-order valence-corrected chi connectivity index (χ3v) is 10.7. The van der Waals surface area contributed by atoms with Crippen molar-refractivity contribution < 1.29 is 8.83 Å². The zero-order valence-corrected chi connectivity index (χ0v) is 28.7. The fourth-order valence-corrected chi connectivity index (χ4v) is 8.09. The van der Waals surface area contributed by atoms with Crippen molar-refractivity contribution in [3.8, 4) is 22.3 Å². The molecule has 0 saturated heterocycles. The molecule has 2 heterocycles. The maximum atomic E-state index is 6.87. The van der Waals surface area contributed by atoms with E-state index in [1.807, 2.05) is 12.1 Å². The van der Waals surface area contributed by atoms with E-state index in [0.29, 0.717) is 0 Å². The highest BCUT2D eigenvalue weighted by atomic mass is 16.3. The van der Waals surface area contributed by atoms with Crippen LogP contribution >= 0.6 is 0 Å². The highest BCUT2D eigenvalue weighted by Gasteiger charge is 2.21. The molecule has 0 radical (unpaired) electrons. The summed E-state index contributed by atoms with van der Waals surface area (Å²) in [6.45, 7) is 0. The second-order valence-electron chi connectivity index (χ2n) is 13.7.